The lowest BCUT2D eigenvalue weighted by Crippen LogP contribution is -1.88. The van der Waals surface area contributed by atoms with Gasteiger partial charge in [0.25, 0.3) is 0 Å². The van der Waals surface area contributed by atoms with Gasteiger partial charge in [0.1, 0.15) is 0 Å². The third kappa shape index (κ3) is 2.88. The zero-order valence-electron chi connectivity index (χ0n) is 8.72. The number of benzene rings is 1. The fraction of sp³-hybridized carbons (Fsp3) is 0.385. The molecule has 0 unspecified atom stereocenters. The van der Waals surface area contributed by atoms with E-state index < -0.39 is 0 Å². The highest BCUT2D eigenvalue weighted by Crippen LogP contribution is 2.23. The first-order chi connectivity index (χ1) is 6.79. The molecule has 0 nitrogen and oxygen atoms in total. The summed E-state index contributed by atoms with van der Waals surface area (Å²) in [4.78, 5) is 0. The van der Waals surface area contributed by atoms with E-state index in [0.717, 1.165) is 17.0 Å². The monoisotopic (exact) mass is 208 g/mol. The molecule has 1 aromatic rings. The molecule has 76 valence electrons. The van der Waals surface area contributed by atoms with Crippen LogP contribution in [0.1, 0.15) is 37.3 Å². The summed E-state index contributed by atoms with van der Waals surface area (Å²) in [6, 6.07) is 6.15. The Morgan fingerprint density at radius 1 is 1.36 bits per heavy atom. The van der Waals surface area contributed by atoms with Gasteiger partial charge in [0, 0.05) is 0 Å². The first-order valence-corrected chi connectivity index (χ1v) is 5.57. The first-order valence-electron chi connectivity index (χ1n) is 5.19. The van der Waals surface area contributed by atoms with Crippen LogP contribution in [0.5, 0.6) is 0 Å². The largest absolute Gasteiger partial charge is 0.0984 e. The molecule has 1 rings (SSSR count). The van der Waals surface area contributed by atoms with Gasteiger partial charge in [-0.15, -0.1) is 0 Å². The van der Waals surface area contributed by atoms with Crippen molar-refractivity contribution in [3.05, 3.63) is 40.9 Å². The van der Waals surface area contributed by atoms with Crippen molar-refractivity contribution in [1.29, 1.82) is 0 Å². The van der Waals surface area contributed by atoms with Crippen LogP contribution >= 0.6 is 11.6 Å². The Bertz CT molecular complexity index is 302. The minimum absolute atomic E-state index is 0.874. The predicted molar refractivity (Wildman–Crippen MR) is 64.8 cm³/mol. The van der Waals surface area contributed by atoms with Gasteiger partial charge >= 0.3 is 0 Å². The van der Waals surface area contributed by atoms with Crippen molar-refractivity contribution in [2.75, 3.05) is 0 Å². The van der Waals surface area contributed by atoms with Gasteiger partial charge in [-0.2, -0.15) is 0 Å². The summed E-state index contributed by atoms with van der Waals surface area (Å²) >= 11 is 6.22. The lowest BCUT2D eigenvalue weighted by molar-refractivity contribution is 0.717. The SMILES string of the molecule is C=Cc1cccc(CCCCC)c1Cl. The quantitative estimate of drug-likeness (QED) is 0.615. The van der Waals surface area contributed by atoms with Crippen molar-refractivity contribution in [3.8, 4) is 0 Å². The second kappa shape index (κ2) is 5.87. The lowest BCUT2D eigenvalue weighted by Gasteiger charge is -2.06. The number of aryl methyl sites for hydroxylation is 1. The van der Waals surface area contributed by atoms with Crippen LogP contribution in [0.15, 0.2) is 24.8 Å². The number of halogens is 1. The van der Waals surface area contributed by atoms with E-state index in [1.54, 1.807) is 0 Å². The van der Waals surface area contributed by atoms with E-state index in [9.17, 15) is 0 Å². The summed E-state index contributed by atoms with van der Waals surface area (Å²) in [7, 11) is 0. The predicted octanol–water partition coefficient (Wildman–Crippen LogP) is 4.72. The minimum Gasteiger partial charge on any atom is -0.0984 e. The third-order valence-corrected chi connectivity index (χ3v) is 2.84. The molecular formula is C13H17Cl. The molecule has 0 spiro atoms. The Kier molecular flexibility index (Phi) is 4.75. The number of hydrogen-bond acceptors (Lipinski definition) is 0. The van der Waals surface area contributed by atoms with E-state index in [1.807, 2.05) is 18.2 Å². The molecule has 0 fully saturated rings. The Morgan fingerprint density at radius 3 is 2.79 bits per heavy atom. The van der Waals surface area contributed by atoms with Gasteiger partial charge in [-0.3, -0.25) is 0 Å². The zero-order valence-corrected chi connectivity index (χ0v) is 9.48. The molecule has 1 heteroatoms. The molecule has 0 bridgehead atoms. The summed E-state index contributed by atoms with van der Waals surface area (Å²) in [6.07, 6.45) is 6.63. The van der Waals surface area contributed by atoms with Crippen LogP contribution in [-0.2, 0) is 6.42 Å². The molecule has 0 atom stereocenters. The second-order valence-electron chi connectivity index (χ2n) is 3.48. The van der Waals surface area contributed by atoms with E-state index in [2.05, 4.69) is 19.6 Å². The van der Waals surface area contributed by atoms with E-state index in [1.165, 1.54) is 24.8 Å². The van der Waals surface area contributed by atoms with Gasteiger partial charge in [0.05, 0.1) is 5.02 Å². The van der Waals surface area contributed by atoms with Crippen LogP contribution in [0.3, 0.4) is 0 Å². The van der Waals surface area contributed by atoms with Gasteiger partial charge < -0.3 is 0 Å². The molecule has 0 saturated heterocycles. The topological polar surface area (TPSA) is 0 Å². The van der Waals surface area contributed by atoms with Crippen LogP contribution in [0.25, 0.3) is 6.08 Å². The van der Waals surface area contributed by atoms with Crippen LogP contribution in [0, 0.1) is 0 Å². The molecule has 0 aliphatic rings. The maximum atomic E-state index is 6.22. The number of hydrogen-bond donors (Lipinski definition) is 0. The van der Waals surface area contributed by atoms with Crippen LogP contribution in [-0.4, -0.2) is 0 Å². The molecule has 0 aromatic heterocycles. The van der Waals surface area contributed by atoms with Gasteiger partial charge in [-0.25, -0.2) is 0 Å². The maximum Gasteiger partial charge on any atom is 0.0510 e. The molecule has 1 aromatic carbocycles. The van der Waals surface area contributed by atoms with E-state index in [4.69, 9.17) is 11.6 Å². The third-order valence-electron chi connectivity index (χ3n) is 2.38. The van der Waals surface area contributed by atoms with Crippen molar-refractivity contribution in [3.63, 3.8) is 0 Å². The molecule has 0 saturated carbocycles. The van der Waals surface area contributed by atoms with Gasteiger partial charge in [-0.05, 0) is 24.0 Å². The Hall–Kier alpha value is -0.750. The highest BCUT2D eigenvalue weighted by Gasteiger charge is 2.02. The highest BCUT2D eigenvalue weighted by molar-refractivity contribution is 6.32. The summed E-state index contributed by atoms with van der Waals surface area (Å²) in [5, 5.41) is 0.874. The van der Waals surface area contributed by atoms with Crippen LogP contribution in [0.2, 0.25) is 5.02 Å². The van der Waals surface area contributed by atoms with Crippen molar-refractivity contribution in [1.82, 2.24) is 0 Å². The van der Waals surface area contributed by atoms with Crippen molar-refractivity contribution in [2.45, 2.75) is 32.6 Å². The Balaban J connectivity index is 2.71. The molecule has 14 heavy (non-hydrogen) atoms. The number of unbranched alkanes of at least 4 members (excludes halogenated alkanes) is 2. The number of rotatable bonds is 5. The van der Waals surface area contributed by atoms with Gasteiger partial charge in [0.15, 0.2) is 0 Å². The van der Waals surface area contributed by atoms with E-state index in [-0.39, 0.29) is 0 Å². The van der Waals surface area contributed by atoms with Crippen molar-refractivity contribution in [2.24, 2.45) is 0 Å². The molecule has 0 radical (unpaired) electrons. The Morgan fingerprint density at radius 2 is 2.14 bits per heavy atom. The van der Waals surface area contributed by atoms with E-state index >= 15 is 0 Å². The fourth-order valence-corrected chi connectivity index (χ4v) is 1.81. The zero-order chi connectivity index (χ0) is 10.4. The molecule has 0 aliphatic carbocycles. The van der Waals surface area contributed by atoms with Crippen molar-refractivity contribution >= 4 is 17.7 Å². The smallest absolute Gasteiger partial charge is 0.0510 e. The molecule has 0 amide bonds. The highest BCUT2D eigenvalue weighted by atomic mass is 35.5. The molecular weight excluding hydrogens is 192 g/mol. The van der Waals surface area contributed by atoms with Gasteiger partial charge in [0.2, 0.25) is 0 Å². The van der Waals surface area contributed by atoms with Crippen LogP contribution in [0.4, 0.5) is 0 Å². The average Bonchev–Trinajstić information content (AvgIpc) is 2.21. The summed E-state index contributed by atoms with van der Waals surface area (Å²) in [5.74, 6) is 0. The first kappa shape index (κ1) is 11.3. The lowest BCUT2D eigenvalue weighted by atomic mass is 10.0. The molecule has 0 N–H and O–H groups in total. The maximum absolute atomic E-state index is 6.22. The van der Waals surface area contributed by atoms with Gasteiger partial charge in [-0.1, -0.05) is 62.2 Å². The average molecular weight is 209 g/mol. The van der Waals surface area contributed by atoms with Crippen LogP contribution < -0.4 is 0 Å². The summed E-state index contributed by atoms with van der Waals surface area (Å²) < 4.78 is 0. The van der Waals surface area contributed by atoms with E-state index in [0.29, 0.717) is 0 Å². The molecule has 0 heterocycles. The Labute approximate surface area is 91.6 Å². The summed E-state index contributed by atoms with van der Waals surface area (Å²) in [6.45, 7) is 5.95. The normalized spacial score (nSPS) is 10.1. The second-order valence-corrected chi connectivity index (χ2v) is 3.86. The standard InChI is InChI=1S/C13H17Cl/c1-3-5-6-8-12-10-7-9-11(4-2)13(12)14/h4,7,9-10H,2-3,5-6,8H2,1H3. The van der Waals surface area contributed by atoms with Crippen molar-refractivity contribution < 1.29 is 0 Å². The molecule has 0 aliphatic heterocycles. The fourth-order valence-electron chi connectivity index (χ4n) is 1.52. The minimum atomic E-state index is 0.874. The summed E-state index contributed by atoms with van der Waals surface area (Å²) in [5.41, 5.74) is 2.29.